The molecule has 2 aromatic carbocycles. The van der Waals surface area contributed by atoms with Crippen molar-refractivity contribution in [1.82, 2.24) is 4.90 Å². The third-order valence-corrected chi connectivity index (χ3v) is 7.34. The first-order chi connectivity index (χ1) is 13.2. The van der Waals surface area contributed by atoms with E-state index in [2.05, 4.69) is 16.8 Å². The number of benzene rings is 2. The molecule has 3 N–H and O–H groups in total. The van der Waals surface area contributed by atoms with Gasteiger partial charge in [0.05, 0.1) is 15.3 Å². The van der Waals surface area contributed by atoms with Crippen LogP contribution < -0.4 is 5.73 Å². The number of hydrogen-bond donors (Lipinski definition) is 2. The van der Waals surface area contributed by atoms with Crippen LogP contribution >= 0.6 is 0 Å². The molecule has 2 aromatic rings. The van der Waals surface area contributed by atoms with Gasteiger partial charge in [-0.15, -0.1) is 5.92 Å². The molecule has 7 heteroatoms. The van der Waals surface area contributed by atoms with Gasteiger partial charge in [-0.05, 0) is 49.7 Å². The van der Waals surface area contributed by atoms with Gasteiger partial charge in [0.2, 0.25) is 9.84 Å². The summed E-state index contributed by atoms with van der Waals surface area (Å²) < 4.78 is 25.9. The van der Waals surface area contributed by atoms with Crippen LogP contribution in [0.1, 0.15) is 31.4 Å². The highest BCUT2D eigenvalue weighted by molar-refractivity contribution is 7.92. The molecule has 0 aliphatic carbocycles. The van der Waals surface area contributed by atoms with Crippen LogP contribution in [0.25, 0.3) is 11.1 Å². The summed E-state index contributed by atoms with van der Waals surface area (Å²) in [4.78, 5) is 6.66. The van der Waals surface area contributed by atoms with Gasteiger partial charge in [0.25, 0.3) is 0 Å². The van der Waals surface area contributed by atoms with Crippen molar-refractivity contribution in [2.24, 2.45) is 10.7 Å². The van der Waals surface area contributed by atoms with Gasteiger partial charge in [-0.25, -0.2) is 13.4 Å². The molecule has 0 fully saturated rings. The van der Waals surface area contributed by atoms with Crippen molar-refractivity contribution in [1.29, 1.82) is 0 Å². The summed E-state index contributed by atoms with van der Waals surface area (Å²) in [6.45, 7) is 3.63. The number of rotatable bonds is 1. The number of sulfone groups is 1. The molecule has 0 radical (unpaired) electrons. The second-order valence-corrected chi connectivity index (χ2v) is 9.23. The lowest BCUT2D eigenvalue weighted by molar-refractivity contribution is 0.0292. The number of nitrogens with two attached hydrogens (primary N) is 1. The van der Waals surface area contributed by atoms with E-state index in [1.165, 1.54) is 4.90 Å². The van der Waals surface area contributed by atoms with E-state index >= 15 is 0 Å². The Balaban J connectivity index is 1.91. The van der Waals surface area contributed by atoms with E-state index in [1.807, 2.05) is 19.1 Å². The Kier molecular flexibility index (Phi) is 4.03. The zero-order chi connectivity index (χ0) is 20.3. The van der Waals surface area contributed by atoms with E-state index in [9.17, 15) is 13.5 Å². The molecule has 4 rings (SSSR count). The molecule has 2 aliphatic heterocycles. The van der Waals surface area contributed by atoms with Crippen LogP contribution in [0.5, 0.6) is 0 Å². The fourth-order valence-corrected chi connectivity index (χ4v) is 5.48. The topological polar surface area (TPSA) is 96.0 Å². The number of aliphatic hydroxyl groups excluding tert-OH is 1. The van der Waals surface area contributed by atoms with Gasteiger partial charge in [0.1, 0.15) is 6.23 Å². The molecule has 0 spiro atoms. The maximum absolute atomic E-state index is 12.9. The Bertz CT molecular complexity index is 1190. The maximum atomic E-state index is 12.9. The molecular weight excluding hydrogens is 374 g/mol. The highest BCUT2D eigenvalue weighted by Crippen LogP contribution is 2.46. The zero-order valence-corrected chi connectivity index (χ0v) is 16.7. The van der Waals surface area contributed by atoms with Crippen molar-refractivity contribution in [3.8, 4) is 23.0 Å². The minimum Gasteiger partial charge on any atom is -0.373 e. The van der Waals surface area contributed by atoms with Gasteiger partial charge >= 0.3 is 0 Å². The van der Waals surface area contributed by atoms with E-state index in [-0.39, 0.29) is 15.8 Å². The van der Waals surface area contributed by atoms with Crippen LogP contribution in [0.3, 0.4) is 0 Å². The van der Waals surface area contributed by atoms with Gasteiger partial charge < -0.3 is 15.7 Å². The highest BCUT2D eigenvalue weighted by atomic mass is 32.2. The van der Waals surface area contributed by atoms with E-state index in [0.29, 0.717) is 17.5 Å². The molecular formula is C21H21N3O3S. The molecule has 0 aromatic heterocycles. The Morgan fingerprint density at radius 3 is 2.50 bits per heavy atom. The third-order valence-electron chi connectivity index (χ3n) is 5.47. The Morgan fingerprint density at radius 1 is 1.21 bits per heavy atom. The first kappa shape index (κ1) is 18.5. The van der Waals surface area contributed by atoms with Gasteiger partial charge in [-0.1, -0.05) is 12.0 Å². The fourth-order valence-electron chi connectivity index (χ4n) is 3.83. The first-order valence-electron chi connectivity index (χ1n) is 8.90. The molecule has 144 valence electrons. The van der Waals surface area contributed by atoms with Crippen molar-refractivity contribution in [3.63, 3.8) is 0 Å². The lowest BCUT2D eigenvalue weighted by atomic mass is 9.85. The second kappa shape index (κ2) is 6.09. The lowest BCUT2D eigenvalue weighted by Crippen LogP contribution is -2.50. The second-order valence-electron chi connectivity index (χ2n) is 7.34. The average molecular weight is 395 g/mol. The van der Waals surface area contributed by atoms with Crippen molar-refractivity contribution in [2.75, 3.05) is 7.05 Å². The van der Waals surface area contributed by atoms with Crippen molar-refractivity contribution in [3.05, 3.63) is 47.5 Å². The Morgan fingerprint density at radius 2 is 1.86 bits per heavy atom. The van der Waals surface area contributed by atoms with Crippen LogP contribution in [-0.2, 0) is 15.4 Å². The number of aliphatic imine (C=N–C) groups is 1. The minimum atomic E-state index is -3.56. The summed E-state index contributed by atoms with van der Waals surface area (Å²) in [7, 11) is -1.88. The molecule has 2 heterocycles. The summed E-state index contributed by atoms with van der Waals surface area (Å²) in [5, 5.41) is 10.3. The van der Waals surface area contributed by atoms with Crippen LogP contribution in [0, 0.1) is 11.8 Å². The normalized spacial score (nSPS) is 24.6. The van der Waals surface area contributed by atoms with Gasteiger partial charge in [-0.2, -0.15) is 0 Å². The quantitative estimate of drug-likeness (QED) is 0.615. The highest BCUT2D eigenvalue weighted by Gasteiger charge is 2.39. The van der Waals surface area contributed by atoms with Crippen molar-refractivity contribution >= 4 is 15.8 Å². The van der Waals surface area contributed by atoms with Crippen LogP contribution in [-0.4, -0.2) is 37.7 Å². The number of aliphatic hydroxyl groups is 1. The Labute approximate surface area is 164 Å². The van der Waals surface area contributed by atoms with Gasteiger partial charge in [0.15, 0.2) is 5.96 Å². The Hall–Kier alpha value is -2.82. The summed E-state index contributed by atoms with van der Waals surface area (Å²) >= 11 is 0. The molecule has 0 bridgehead atoms. The molecule has 6 nitrogen and oxygen atoms in total. The first-order valence-corrected chi connectivity index (χ1v) is 10.4. The maximum Gasteiger partial charge on any atom is 0.207 e. The molecule has 28 heavy (non-hydrogen) atoms. The van der Waals surface area contributed by atoms with Gasteiger partial charge in [-0.3, -0.25) is 0 Å². The summed E-state index contributed by atoms with van der Waals surface area (Å²) in [6.07, 6.45) is -0.414. The van der Waals surface area contributed by atoms with Crippen molar-refractivity contribution < 1.29 is 13.5 Å². The van der Waals surface area contributed by atoms with Crippen LogP contribution in [0.4, 0.5) is 0 Å². The zero-order valence-electron chi connectivity index (χ0n) is 15.9. The standard InChI is InChI=1S/C21H21N3O3S/c1-4-5-13-6-8-17-15(10-13)16-11-14(7-9-18(16)28(17,26)27)21(2)12-19(25)24(3)20(22)23-21/h6-11,19,25H,12H2,1-3H3,(H2,22,23)/t19?,21-/m0/s1. The monoisotopic (exact) mass is 395 g/mol. The molecule has 0 saturated carbocycles. The number of nitrogens with zero attached hydrogens (tertiary/aromatic N) is 2. The molecule has 2 aliphatic rings. The number of hydrogen-bond acceptors (Lipinski definition) is 6. The van der Waals surface area contributed by atoms with E-state index in [4.69, 9.17) is 5.73 Å². The third kappa shape index (κ3) is 2.60. The fraction of sp³-hybridized carbons (Fsp3) is 0.286. The predicted octanol–water partition coefficient (Wildman–Crippen LogP) is 2.05. The van der Waals surface area contributed by atoms with Crippen LogP contribution in [0.2, 0.25) is 0 Å². The van der Waals surface area contributed by atoms with E-state index < -0.39 is 21.6 Å². The molecule has 1 unspecified atom stereocenters. The number of guanidine groups is 1. The van der Waals surface area contributed by atoms with E-state index in [0.717, 1.165) is 11.1 Å². The average Bonchev–Trinajstić information content (AvgIpc) is 2.87. The van der Waals surface area contributed by atoms with Crippen LogP contribution in [0.15, 0.2) is 51.2 Å². The SMILES string of the molecule is CC#Cc1ccc2c(c1)-c1cc([C@]3(C)CC(O)N(C)C(N)=N3)ccc1S2(=O)=O. The smallest absolute Gasteiger partial charge is 0.207 e. The van der Waals surface area contributed by atoms with E-state index in [1.54, 1.807) is 38.2 Å². The molecule has 0 saturated heterocycles. The largest absolute Gasteiger partial charge is 0.373 e. The lowest BCUT2D eigenvalue weighted by Gasteiger charge is -2.38. The summed E-state index contributed by atoms with van der Waals surface area (Å²) in [5.74, 6) is 6.06. The summed E-state index contributed by atoms with van der Waals surface area (Å²) in [5.41, 5.74) is 8.06. The minimum absolute atomic E-state index is 0.246. The summed E-state index contributed by atoms with van der Waals surface area (Å²) in [6, 6.07) is 10.4. The van der Waals surface area contributed by atoms with Gasteiger partial charge in [0, 0.05) is 30.2 Å². The molecule has 0 amide bonds. The number of fused-ring (bicyclic) bond motifs is 3. The predicted molar refractivity (Wildman–Crippen MR) is 107 cm³/mol. The van der Waals surface area contributed by atoms with Crippen molar-refractivity contribution in [2.45, 2.75) is 41.8 Å². The molecule has 2 atom stereocenters.